The number of nitrogens with one attached hydrogen (secondary N) is 1. The maximum atomic E-state index is 12.2. The first-order valence-corrected chi connectivity index (χ1v) is 7.36. The van der Waals surface area contributed by atoms with Crippen molar-refractivity contribution in [1.29, 1.82) is 0 Å². The van der Waals surface area contributed by atoms with E-state index in [4.69, 9.17) is 4.74 Å². The van der Waals surface area contributed by atoms with E-state index < -0.39 is 10.8 Å². The summed E-state index contributed by atoms with van der Waals surface area (Å²) in [5.41, 5.74) is 0.690. The van der Waals surface area contributed by atoms with Crippen LogP contribution in [0.5, 0.6) is 5.75 Å². The molecular formula is C16H13BrN2O4. The molecule has 2 rings (SSSR count). The molecular weight excluding hydrogens is 364 g/mol. The number of nitro groups is 1. The normalized spacial score (nSPS) is 11.0. The van der Waals surface area contributed by atoms with Crippen LogP contribution in [0.4, 0.5) is 11.4 Å². The highest BCUT2D eigenvalue weighted by Gasteiger charge is 2.18. The molecule has 0 aromatic heterocycles. The topological polar surface area (TPSA) is 81.5 Å². The molecule has 2 aromatic carbocycles. The first-order valence-electron chi connectivity index (χ1n) is 6.57. The highest BCUT2D eigenvalue weighted by atomic mass is 79.9. The van der Waals surface area contributed by atoms with Crippen LogP contribution in [0.2, 0.25) is 0 Å². The molecule has 23 heavy (non-hydrogen) atoms. The lowest BCUT2D eigenvalue weighted by atomic mass is 10.2. The SMILES string of the molecule is COc1ccc(NC(=O)/C(Br)=C/c2ccccc2)c([N+](=O)[O-])c1. The van der Waals surface area contributed by atoms with E-state index in [2.05, 4.69) is 21.2 Å². The molecule has 0 bridgehead atoms. The molecule has 7 heteroatoms. The number of hydrogen-bond donors (Lipinski definition) is 1. The monoisotopic (exact) mass is 376 g/mol. The number of amides is 1. The number of rotatable bonds is 5. The Labute approximate surface area is 141 Å². The molecule has 2 aromatic rings. The molecule has 1 amide bonds. The molecule has 0 radical (unpaired) electrons. The van der Waals surface area contributed by atoms with Gasteiger partial charge >= 0.3 is 0 Å². The summed E-state index contributed by atoms with van der Waals surface area (Å²) >= 11 is 3.18. The predicted octanol–water partition coefficient (Wildman–Crippen LogP) is 3.98. The lowest BCUT2D eigenvalue weighted by Gasteiger charge is -2.07. The zero-order valence-electron chi connectivity index (χ0n) is 12.2. The highest BCUT2D eigenvalue weighted by molar-refractivity contribution is 9.12. The summed E-state index contributed by atoms with van der Waals surface area (Å²) in [6.45, 7) is 0. The van der Waals surface area contributed by atoms with E-state index in [1.165, 1.54) is 25.3 Å². The molecule has 0 aliphatic heterocycles. The van der Waals surface area contributed by atoms with Crippen molar-refractivity contribution < 1.29 is 14.5 Å². The maximum absolute atomic E-state index is 12.2. The van der Waals surface area contributed by atoms with Crippen LogP contribution in [0, 0.1) is 10.1 Å². The summed E-state index contributed by atoms with van der Waals surface area (Å²) in [5.74, 6) is -0.143. The van der Waals surface area contributed by atoms with Crippen LogP contribution < -0.4 is 10.1 Å². The molecule has 118 valence electrons. The molecule has 6 nitrogen and oxygen atoms in total. The number of carbonyl (C=O) groups excluding carboxylic acids is 1. The Kier molecular flexibility index (Phi) is 5.48. The summed E-state index contributed by atoms with van der Waals surface area (Å²) < 4.78 is 5.21. The minimum Gasteiger partial charge on any atom is -0.496 e. The zero-order chi connectivity index (χ0) is 16.8. The Morgan fingerprint density at radius 1 is 1.26 bits per heavy atom. The van der Waals surface area contributed by atoms with Crippen molar-refractivity contribution in [2.24, 2.45) is 0 Å². The number of halogens is 1. The maximum Gasteiger partial charge on any atom is 0.296 e. The van der Waals surface area contributed by atoms with Crippen molar-refractivity contribution in [2.75, 3.05) is 12.4 Å². The fourth-order valence-corrected chi connectivity index (χ4v) is 2.20. The number of carbonyl (C=O) groups is 1. The molecule has 0 heterocycles. The number of benzene rings is 2. The third-order valence-electron chi connectivity index (χ3n) is 2.96. The van der Waals surface area contributed by atoms with Crippen molar-refractivity contribution >= 4 is 39.3 Å². The number of nitro benzene ring substituents is 1. The molecule has 0 aliphatic rings. The Morgan fingerprint density at radius 2 is 1.96 bits per heavy atom. The second kappa shape index (κ2) is 7.55. The van der Waals surface area contributed by atoms with Crippen molar-refractivity contribution in [1.82, 2.24) is 0 Å². The van der Waals surface area contributed by atoms with Crippen molar-refractivity contribution in [3.63, 3.8) is 0 Å². The average Bonchev–Trinajstić information content (AvgIpc) is 2.55. The summed E-state index contributed by atoms with van der Waals surface area (Å²) in [7, 11) is 1.41. The van der Waals surface area contributed by atoms with Gasteiger partial charge in [0.05, 0.1) is 22.6 Å². The van der Waals surface area contributed by atoms with Crippen LogP contribution in [0.3, 0.4) is 0 Å². The second-order valence-electron chi connectivity index (χ2n) is 4.50. The number of nitrogens with zero attached hydrogens (tertiary/aromatic N) is 1. The van der Waals surface area contributed by atoms with Crippen molar-refractivity contribution in [2.45, 2.75) is 0 Å². The van der Waals surface area contributed by atoms with Crippen LogP contribution in [0.15, 0.2) is 53.0 Å². The van der Waals surface area contributed by atoms with Crippen LogP contribution in [0.1, 0.15) is 5.56 Å². The van der Waals surface area contributed by atoms with E-state index in [0.717, 1.165) is 5.56 Å². The number of anilines is 1. The Bertz CT molecular complexity index is 760. The largest absolute Gasteiger partial charge is 0.496 e. The summed E-state index contributed by atoms with van der Waals surface area (Å²) in [6.07, 6.45) is 1.63. The van der Waals surface area contributed by atoms with Gasteiger partial charge in [0.25, 0.3) is 11.6 Å². The van der Waals surface area contributed by atoms with Gasteiger partial charge in [-0.1, -0.05) is 30.3 Å². The van der Waals surface area contributed by atoms with Crippen molar-refractivity contribution in [3.05, 3.63) is 68.7 Å². The minimum absolute atomic E-state index is 0.0965. The Balaban J connectivity index is 2.23. The van der Waals surface area contributed by atoms with E-state index >= 15 is 0 Å². The highest BCUT2D eigenvalue weighted by Crippen LogP contribution is 2.29. The second-order valence-corrected chi connectivity index (χ2v) is 5.35. The lowest BCUT2D eigenvalue weighted by Crippen LogP contribution is -2.12. The fraction of sp³-hybridized carbons (Fsp3) is 0.0625. The van der Waals surface area contributed by atoms with Gasteiger partial charge in [-0.05, 0) is 39.7 Å². The van der Waals surface area contributed by atoms with E-state index in [-0.39, 0.29) is 15.9 Å². The standard InChI is InChI=1S/C16H13BrN2O4/c1-23-12-7-8-14(15(10-12)19(21)22)18-16(20)13(17)9-11-5-3-2-4-6-11/h2-10H,1H3,(H,18,20)/b13-9-. The van der Waals surface area contributed by atoms with Crippen LogP contribution in [-0.4, -0.2) is 17.9 Å². The molecule has 0 spiro atoms. The minimum atomic E-state index is -0.576. The molecule has 0 saturated carbocycles. The van der Waals surface area contributed by atoms with Crippen LogP contribution in [0.25, 0.3) is 6.08 Å². The quantitative estimate of drug-likeness (QED) is 0.486. The average molecular weight is 377 g/mol. The summed E-state index contributed by atoms with van der Waals surface area (Å²) in [4.78, 5) is 22.7. The number of ether oxygens (including phenoxy) is 1. The van der Waals surface area contributed by atoms with Gasteiger partial charge in [0.1, 0.15) is 11.4 Å². The zero-order valence-corrected chi connectivity index (χ0v) is 13.7. The Morgan fingerprint density at radius 3 is 2.57 bits per heavy atom. The predicted molar refractivity (Wildman–Crippen MR) is 91.6 cm³/mol. The first-order chi connectivity index (χ1) is 11.0. The first kappa shape index (κ1) is 16.7. The molecule has 0 fully saturated rings. The van der Waals surface area contributed by atoms with Gasteiger partial charge in [-0.25, -0.2) is 0 Å². The molecule has 0 atom stereocenters. The summed E-state index contributed by atoms with van der Waals surface area (Å²) in [6, 6.07) is 13.5. The summed E-state index contributed by atoms with van der Waals surface area (Å²) in [5, 5.41) is 13.6. The lowest BCUT2D eigenvalue weighted by molar-refractivity contribution is -0.384. The van der Waals surface area contributed by atoms with Gasteiger partial charge in [-0.15, -0.1) is 0 Å². The fourth-order valence-electron chi connectivity index (χ4n) is 1.84. The molecule has 0 saturated heterocycles. The number of methoxy groups -OCH3 is 1. The van der Waals surface area contributed by atoms with Gasteiger partial charge in [0.2, 0.25) is 0 Å². The van der Waals surface area contributed by atoms with Gasteiger partial charge in [-0.3, -0.25) is 14.9 Å². The number of hydrogen-bond acceptors (Lipinski definition) is 4. The smallest absolute Gasteiger partial charge is 0.296 e. The van der Waals surface area contributed by atoms with E-state index in [0.29, 0.717) is 5.75 Å². The van der Waals surface area contributed by atoms with Crippen molar-refractivity contribution in [3.8, 4) is 5.75 Å². The van der Waals surface area contributed by atoms with E-state index in [1.54, 1.807) is 6.08 Å². The van der Waals surface area contributed by atoms with E-state index in [9.17, 15) is 14.9 Å². The third kappa shape index (κ3) is 4.40. The Hall–Kier alpha value is -2.67. The molecule has 0 aliphatic carbocycles. The molecule has 0 unspecified atom stereocenters. The third-order valence-corrected chi connectivity index (χ3v) is 3.55. The van der Waals surface area contributed by atoms with Gasteiger partial charge in [0, 0.05) is 0 Å². The van der Waals surface area contributed by atoms with Gasteiger partial charge in [0.15, 0.2) is 0 Å². The van der Waals surface area contributed by atoms with Crippen LogP contribution in [-0.2, 0) is 4.79 Å². The van der Waals surface area contributed by atoms with Gasteiger partial charge in [-0.2, -0.15) is 0 Å². The van der Waals surface area contributed by atoms with Crippen LogP contribution >= 0.6 is 15.9 Å². The molecule has 1 N–H and O–H groups in total. The van der Waals surface area contributed by atoms with E-state index in [1.807, 2.05) is 30.3 Å². The van der Waals surface area contributed by atoms with Gasteiger partial charge < -0.3 is 10.1 Å².